The fourth-order valence-electron chi connectivity index (χ4n) is 3.47. The summed E-state index contributed by atoms with van der Waals surface area (Å²) in [6.07, 6.45) is 1.08. The molecule has 0 aromatic heterocycles. The molecular weight excluding hydrogens is 408 g/mol. The second kappa shape index (κ2) is 10.0. The van der Waals surface area contributed by atoms with Crippen LogP contribution >= 0.6 is 12.2 Å². The molecule has 1 atom stereocenters. The van der Waals surface area contributed by atoms with Crippen LogP contribution in [0.5, 0.6) is 0 Å². The maximum atomic E-state index is 11.2. The second-order valence-corrected chi connectivity index (χ2v) is 8.47. The average molecular weight is 439 g/mol. The lowest BCUT2D eigenvalue weighted by atomic mass is 10.1. The molecule has 1 aliphatic heterocycles. The van der Waals surface area contributed by atoms with Gasteiger partial charge in [0, 0.05) is 35.3 Å². The van der Waals surface area contributed by atoms with Gasteiger partial charge in [0.1, 0.15) is 6.54 Å². The number of benzene rings is 1. The van der Waals surface area contributed by atoms with Crippen LogP contribution in [0.25, 0.3) is 22.2 Å². The van der Waals surface area contributed by atoms with E-state index in [1.54, 1.807) is 4.90 Å². The van der Waals surface area contributed by atoms with E-state index in [0.717, 1.165) is 40.8 Å². The minimum Gasteiger partial charge on any atom is -0.480 e. The highest BCUT2D eigenvalue weighted by Gasteiger charge is 2.18. The summed E-state index contributed by atoms with van der Waals surface area (Å²) in [5.41, 5.74) is 4.90. The molecule has 0 saturated heterocycles. The molecule has 3 rings (SSSR count). The van der Waals surface area contributed by atoms with Gasteiger partial charge in [0.2, 0.25) is 0 Å². The molecular formula is C24H30N4O2S. The lowest BCUT2D eigenvalue weighted by Crippen LogP contribution is -2.43. The molecule has 0 bridgehead atoms. The molecule has 0 saturated carbocycles. The Balaban J connectivity index is 1.92. The van der Waals surface area contributed by atoms with E-state index < -0.39 is 5.97 Å². The zero-order valence-electron chi connectivity index (χ0n) is 18.5. The van der Waals surface area contributed by atoms with Crippen molar-refractivity contribution in [3.8, 4) is 11.3 Å². The molecule has 3 N–H and O–H groups in total. The average Bonchev–Trinajstić information content (AvgIpc) is 2.95. The number of para-hydroxylation sites is 1. The molecule has 1 unspecified atom stereocenters. The molecule has 1 aromatic rings. The van der Waals surface area contributed by atoms with Crippen LogP contribution in [0.4, 0.5) is 5.69 Å². The first-order valence-electron chi connectivity index (χ1n) is 10.6. The van der Waals surface area contributed by atoms with Crippen molar-refractivity contribution >= 4 is 39.9 Å². The highest BCUT2D eigenvalue weighted by molar-refractivity contribution is 7.80. The van der Waals surface area contributed by atoms with E-state index >= 15 is 0 Å². The quantitative estimate of drug-likeness (QED) is 0.439. The normalized spacial score (nSPS) is 12.3. The Morgan fingerprint density at radius 2 is 1.94 bits per heavy atom. The molecule has 164 valence electrons. The van der Waals surface area contributed by atoms with Crippen molar-refractivity contribution in [3.05, 3.63) is 48.0 Å². The molecule has 1 heterocycles. The Kier molecular flexibility index (Phi) is 7.41. The number of hydrogen-bond acceptors (Lipinski definition) is 4. The van der Waals surface area contributed by atoms with E-state index in [1.165, 1.54) is 5.56 Å². The molecule has 31 heavy (non-hydrogen) atoms. The van der Waals surface area contributed by atoms with Crippen LogP contribution in [0.2, 0.25) is 0 Å². The number of fused-ring (bicyclic) bond motifs is 3. The first-order chi connectivity index (χ1) is 14.8. The fraction of sp³-hybridized carbons (Fsp3) is 0.375. The summed E-state index contributed by atoms with van der Waals surface area (Å²) >= 11 is 5.49. The van der Waals surface area contributed by atoms with E-state index in [0.29, 0.717) is 11.2 Å². The van der Waals surface area contributed by atoms with Gasteiger partial charge >= 0.3 is 5.97 Å². The summed E-state index contributed by atoms with van der Waals surface area (Å²) in [4.78, 5) is 17.8. The zero-order chi connectivity index (χ0) is 22.5. The third-order valence-corrected chi connectivity index (χ3v) is 5.78. The van der Waals surface area contributed by atoms with Crippen LogP contribution in [-0.4, -0.2) is 44.7 Å². The molecule has 0 spiro atoms. The van der Waals surface area contributed by atoms with Crippen molar-refractivity contribution in [2.24, 2.45) is 0 Å². The van der Waals surface area contributed by atoms with Gasteiger partial charge in [-0.1, -0.05) is 37.3 Å². The monoisotopic (exact) mass is 438 g/mol. The maximum absolute atomic E-state index is 11.2. The summed E-state index contributed by atoms with van der Waals surface area (Å²) in [6, 6.07) is 14.6. The predicted molar refractivity (Wildman–Crippen MR) is 131 cm³/mol. The summed E-state index contributed by atoms with van der Waals surface area (Å²) in [7, 11) is 0. The van der Waals surface area contributed by atoms with Crippen LogP contribution in [0.1, 0.15) is 39.7 Å². The van der Waals surface area contributed by atoms with E-state index in [-0.39, 0.29) is 12.6 Å². The lowest BCUT2D eigenvalue weighted by Gasteiger charge is -2.27. The number of nitrogens with one attached hydrogen (secondary N) is 2. The van der Waals surface area contributed by atoms with E-state index in [2.05, 4.69) is 48.7 Å². The summed E-state index contributed by atoms with van der Waals surface area (Å²) in [5, 5.41) is 17.4. The Hall–Kier alpha value is -2.77. The first-order valence-corrected chi connectivity index (χ1v) is 11.0. The number of anilines is 1. The molecule has 1 aromatic carbocycles. The molecule has 7 heteroatoms. The number of rotatable bonds is 8. The smallest absolute Gasteiger partial charge is 0.323 e. The second-order valence-electron chi connectivity index (χ2n) is 8.09. The van der Waals surface area contributed by atoms with E-state index in [1.807, 2.05) is 32.0 Å². The van der Waals surface area contributed by atoms with Gasteiger partial charge in [-0.2, -0.15) is 0 Å². The van der Waals surface area contributed by atoms with Crippen LogP contribution in [0, 0.1) is 0 Å². The third-order valence-electron chi connectivity index (χ3n) is 5.44. The molecule has 1 aliphatic carbocycles. The SMILES string of the molecule is CCC(C)NCc1cccc2c3cccc(NC(=S)N(CC(=O)O)C(C)C)cc-3nc12. The fourth-order valence-corrected chi connectivity index (χ4v) is 3.86. The molecule has 2 aliphatic rings. The number of aromatic nitrogens is 1. The lowest BCUT2D eigenvalue weighted by molar-refractivity contribution is -0.137. The van der Waals surface area contributed by atoms with E-state index in [4.69, 9.17) is 17.2 Å². The van der Waals surface area contributed by atoms with Crippen LogP contribution in [-0.2, 0) is 11.3 Å². The maximum Gasteiger partial charge on any atom is 0.323 e. The van der Waals surface area contributed by atoms with Gasteiger partial charge in [0.05, 0.1) is 11.2 Å². The third kappa shape index (κ3) is 5.48. The van der Waals surface area contributed by atoms with Crippen molar-refractivity contribution in [1.29, 1.82) is 0 Å². The largest absolute Gasteiger partial charge is 0.480 e. The van der Waals surface area contributed by atoms with Crippen molar-refractivity contribution in [2.45, 2.75) is 52.7 Å². The number of thiocarbonyl (C=S) groups is 1. The van der Waals surface area contributed by atoms with Gasteiger partial charge in [-0.15, -0.1) is 0 Å². The van der Waals surface area contributed by atoms with Crippen molar-refractivity contribution < 1.29 is 9.90 Å². The van der Waals surface area contributed by atoms with Crippen molar-refractivity contribution in [3.63, 3.8) is 0 Å². The van der Waals surface area contributed by atoms with Gasteiger partial charge < -0.3 is 20.6 Å². The Morgan fingerprint density at radius 3 is 2.61 bits per heavy atom. The molecule has 6 nitrogen and oxygen atoms in total. The number of aliphatic carboxylic acids is 1. The molecule has 0 fully saturated rings. The molecule has 0 radical (unpaired) electrons. The predicted octanol–water partition coefficient (Wildman–Crippen LogP) is 4.72. The van der Waals surface area contributed by atoms with Gasteiger partial charge in [-0.3, -0.25) is 4.79 Å². The minimum absolute atomic E-state index is 0.0335. The summed E-state index contributed by atoms with van der Waals surface area (Å²) in [5.74, 6) is -0.915. The molecule has 0 amide bonds. The van der Waals surface area contributed by atoms with Gasteiger partial charge in [-0.25, -0.2) is 4.98 Å². The van der Waals surface area contributed by atoms with Crippen LogP contribution in [0.15, 0.2) is 42.5 Å². The Bertz CT molecular complexity index is 1050. The number of carbonyl (C=O) groups is 1. The van der Waals surface area contributed by atoms with Crippen molar-refractivity contribution in [2.75, 3.05) is 11.9 Å². The first kappa shape index (κ1) is 22.9. The minimum atomic E-state index is -0.915. The van der Waals surface area contributed by atoms with Crippen LogP contribution < -0.4 is 10.6 Å². The van der Waals surface area contributed by atoms with Gasteiger partial charge in [0.25, 0.3) is 0 Å². The van der Waals surface area contributed by atoms with E-state index in [9.17, 15) is 9.90 Å². The summed E-state index contributed by atoms with van der Waals surface area (Å²) < 4.78 is 0. The Labute approximate surface area is 189 Å². The number of carboxylic acids is 1. The van der Waals surface area contributed by atoms with Crippen molar-refractivity contribution in [1.82, 2.24) is 15.2 Å². The number of nitrogens with zero attached hydrogens (tertiary/aromatic N) is 2. The van der Waals surface area contributed by atoms with Crippen LogP contribution in [0.3, 0.4) is 0 Å². The number of carboxylic acid groups (broad SMARTS) is 1. The van der Waals surface area contributed by atoms with Gasteiger partial charge in [0.15, 0.2) is 5.11 Å². The topological polar surface area (TPSA) is 77.5 Å². The standard InChI is InChI=1S/C24H30N4O2S/c1-5-16(4)25-13-17-8-6-11-20-19-10-7-9-18(12-21(19)27-23(17)20)26-24(31)28(15(2)3)14-22(29)30/h6-12,15-16,25H,5,13-14H2,1-4H3,(H,26,31)(H,29,30). The zero-order valence-corrected chi connectivity index (χ0v) is 19.3. The highest BCUT2D eigenvalue weighted by Crippen LogP contribution is 2.33. The Morgan fingerprint density at radius 1 is 1.19 bits per heavy atom. The highest BCUT2D eigenvalue weighted by atomic mass is 32.1. The number of hydrogen-bond donors (Lipinski definition) is 3. The summed E-state index contributed by atoms with van der Waals surface area (Å²) in [6.45, 7) is 8.81. The van der Waals surface area contributed by atoms with Gasteiger partial charge in [-0.05, 0) is 57.1 Å².